The maximum absolute atomic E-state index is 13.2. The van der Waals surface area contributed by atoms with E-state index in [9.17, 15) is 22.8 Å². The number of aromatic amines is 1. The van der Waals surface area contributed by atoms with Gasteiger partial charge in [-0.05, 0) is 51.8 Å². The number of amides is 1. The molecule has 192 valence electrons. The number of carbonyl (C=O) groups excluding carboxylic acids is 2. The zero-order chi connectivity index (χ0) is 26.0. The lowest BCUT2D eigenvalue weighted by molar-refractivity contribution is -0.141. The molecule has 0 aliphatic carbocycles. The van der Waals surface area contributed by atoms with Crippen LogP contribution in [0.2, 0.25) is 0 Å². The van der Waals surface area contributed by atoms with Crippen molar-refractivity contribution < 1.29 is 32.2 Å². The van der Waals surface area contributed by atoms with Crippen molar-refractivity contribution in [2.45, 2.75) is 64.5 Å². The highest BCUT2D eigenvalue weighted by Gasteiger charge is 2.38. The van der Waals surface area contributed by atoms with E-state index in [-0.39, 0.29) is 17.9 Å². The molecular weight excluding hydrogens is 465 g/mol. The standard InChI is InChI=1S/C24H31F3N4O4/c1-6-16-19(24(25,26)27)30-20(28-16)21(32)29-17-10-11-31(13-18(17)34-5)15-9-7-8-14(12-15)22(33)35-23(2,3)4/h7-9,12,17-18H,6,10-11,13H2,1-5H3,(H,28,30)(H,29,32). The second kappa shape index (κ2) is 10.3. The molecule has 1 aliphatic heterocycles. The van der Waals surface area contributed by atoms with Crippen LogP contribution in [0.3, 0.4) is 0 Å². The predicted molar refractivity (Wildman–Crippen MR) is 123 cm³/mol. The molecule has 8 nitrogen and oxygen atoms in total. The Labute approximate surface area is 202 Å². The Morgan fingerprint density at radius 1 is 1.26 bits per heavy atom. The number of H-pyrrole nitrogens is 1. The fourth-order valence-electron chi connectivity index (χ4n) is 3.97. The number of esters is 1. The van der Waals surface area contributed by atoms with Gasteiger partial charge < -0.3 is 24.7 Å². The van der Waals surface area contributed by atoms with Gasteiger partial charge >= 0.3 is 12.1 Å². The summed E-state index contributed by atoms with van der Waals surface area (Å²) in [5.74, 6) is -1.52. The topological polar surface area (TPSA) is 96.6 Å². The molecule has 0 spiro atoms. The Morgan fingerprint density at radius 3 is 2.54 bits per heavy atom. The lowest BCUT2D eigenvalue weighted by Gasteiger charge is -2.39. The number of nitrogens with one attached hydrogen (secondary N) is 2. The lowest BCUT2D eigenvalue weighted by atomic mass is 10.0. The molecule has 11 heteroatoms. The first-order valence-corrected chi connectivity index (χ1v) is 11.4. The third-order valence-corrected chi connectivity index (χ3v) is 5.64. The van der Waals surface area contributed by atoms with Crippen LogP contribution in [0.4, 0.5) is 18.9 Å². The Bertz CT molecular complexity index is 1060. The molecule has 1 aromatic heterocycles. The first-order chi connectivity index (χ1) is 16.3. The number of piperidine rings is 1. The van der Waals surface area contributed by atoms with Crippen LogP contribution in [-0.4, -0.2) is 59.8 Å². The Hall–Kier alpha value is -3.08. The molecule has 1 aliphatic rings. The third kappa shape index (κ3) is 6.53. The van der Waals surface area contributed by atoms with Gasteiger partial charge in [-0.2, -0.15) is 13.2 Å². The highest BCUT2D eigenvalue weighted by Crippen LogP contribution is 2.31. The quantitative estimate of drug-likeness (QED) is 0.588. The number of halogens is 3. The number of rotatable bonds is 6. The number of hydrogen-bond acceptors (Lipinski definition) is 6. The van der Waals surface area contributed by atoms with Crippen LogP contribution in [0, 0.1) is 0 Å². The van der Waals surface area contributed by atoms with E-state index >= 15 is 0 Å². The summed E-state index contributed by atoms with van der Waals surface area (Å²) in [7, 11) is 1.51. The molecule has 2 N–H and O–H groups in total. The molecule has 1 saturated heterocycles. The number of anilines is 1. The van der Waals surface area contributed by atoms with Gasteiger partial charge in [0.25, 0.3) is 5.91 Å². The van der Waals surface area contributed by atoms with Gasteiger partial charge in [0, 0.05) is 31.6 Å². The van der Waals surface area contributed by atoms with Crippen molar-refractivity contribution in [1.29, 1.82) is 0 Å². The average Bonchev–Trinajstić information content (AvgIpc) is 3.24. The van der Waals surface area contributed by atoms with Crippen LogP contribution in [0.15, 0.2) is 24.3 Å². The number of carbonyl (C=O) groups is 2. The van der Waals surface area contributed by atoms with Crippen molar-refractivity contribution in [3.8, 4) is 0 Å². The van der Waals surface area contributed by atoms with Crippen LogP contribution in [0.25, 0.3) is 0 Å². The number of benzene rings is 1. The molecule has 1 amide bonds. The van der Waals surface area contributed by atoms with Gasteiger partial charge in [0.2, 0.25) is 0 Å². The average molecular weight is 497 g/mol. The van der Waals surface area contributed by atoms with E-state index in [0.717, 1.165) is 5.69 Å². The third-order valence-electron chi connectivity index (χ3n) is 5.64. The molecule has 2 unspecified atom stereocenters. The first-order valence-electron chi connectivity index (χ1n) is 11.4. The van der Waals surface area contributed by atoms with Gasteiger partial charge in [0.15, 0.2) is 11.5 Å². The van der Waals surface area contributed by atoms with Crippen LogP contribution < -0.4 is 10.2 Å². The minimum atomic E-state index is -4.64. The number of aromatic nitrogens is 2. The van der Waals surface area contributed by atoms with Crippen molar-refractivity contribution in [2.75, 3.05) is 25.1 Å². The number of nitrogens with zero attached hydrogens (tertiary/aromatic N) is 2. The van der Waals surface area contributed by atoms with Crippen LogP contribution >= 0.6 is 0 Å². The minimum Gasteiger partial charge on any atom is -0.456 e. The van der Waals surface area contributed by atoms with E-state index in [4.69, 9.17) is 9.47 Å². The van der Waals surface area contributed by atoms with Crippen molar-refractivity contribution >= 4 is 17.6 Å². The maximum atomic E-state index is 13.2. The largest absolute Gasteiger partial charge is 0.456 e. The summed E-state index contributed by atoms with van der Waals surface area (Å²) in [6.07, 6.45) is -4.53. The Morgan fingerprint density at radius 2 is 1.97 bits per heavy atom. The molecule has 1 fully saturated rings. The van der Waals surface area contributed by atoms with Gasteiger partial charge in [0.1, 0.15) is 5.60 Å². The zero-order valence-corrected chi connectivity index (χ0v) is 20.5. The van der Waals surface area contributed by atoms with Crippen LogP contribution in [0.1, 0.15) is 66.5 Å². The summed E-state index contributed by atoms with van der Waals surface area (Å²) in [6.45, 7) is 7.89. The minimum absolute atomic E-state index is 0.0660. The van der Waals surface area contributed by atoms with E-state index in [1.54, 1.807) is 45.9 Å². The molecule has 2 atom stereocenters. The fraction of sp³-hybridized carbons (Fsp3) is 0.542. The summed E-state index contributed by atoms with van der Waals surface area (Å²) in [5.41, 5.74) is -0.600. The number of hydrogen-bond donors (Lipinski definition) is 2. The van der Waals surface area contributed by atoms with Gasteiger partial charge in [-0.3, -0.25) is 4.79 Å². The smallest absolute Gasteiger partial charge is 0.435 e. The molecule has 35 heavy (non-hydrogen) atoms. The molecular formula is C24H31F3N4O4. The number of methoxy groups -OCH3 is 1. The number of aryl methyl sites for hydroxylation is 1. The number of imidazole rings is 1. The van der Waals surface area contributed by atoms with Crippen molar-refractivity contribution in [3.63, 3.8) is 0 Å². The molecule has 3 rings (SSSR count). The van der Waals surface area contributed by atoms with E-state index in [1.165, 1.54) is 7.11 Å². The van der Waals surface area contributed by atoms with Crippen molar-refractivity contribution in [1.82, 2.24) is 15.3 Å². The fourth-order valence-corrected chi connectivity index (χ4v) is 3.97. The number of alkyl halides is 3. The van der Waals surface area contributed by atoms with Crippen LogP contribution in [0.5, 0.6) is 0 Å². The van der Waals surface area contributed by atoms with Gasteiger partial charge in [-0.1, -0.05) is 13.0 Å². The summed E-state index contributed by atoms with van der Waals surface area (Å²) >= 11 is 0. The van der Waals surface area contributed by atoms with Gasteiger partial charge in [-0.25, -0.2) is 9.78 Å². The van der Waals surface area contributed by atoms with Crippen molar-refractivity contribution in [2.24, 2.45) is 0 Å². The molecule has 2 aromatic rings. The second-order valence-corrected chi connectivity index (χ2v) is 9.40. The first kappa shape index (κ1) is 26.5. The Balaban J connectivity index is 1.69. The number of ether oxygens (including phenoxy) is 2. The summed E-state index contributed by atoms with van der Waals surface area (Å²) in [5, 5.41) is 2.75. The highest BCUT2D eigenvalue weighted by molar-refractivity contribution is 5.91. The highest BCUT2D eigenvalue weighted by atomic mass is 19.4. The van der Waals surface area contributed by atoms with Crippen molar-refractivity contribution in [3.05, 3.63) is 47.0 Å². The predicted octanol–water partition coefficient (Wildman–Crippen LogP) is 3.97. The lowest BCUT2D eigenvalue weighted by Crippen LogP contribution is -2.55. The summed E-state index contributed by atoms with van der Waals surface area (Å²) in [6, 6.07) is 6.63. The van der Waals surface area contributed by atoms with E-state index in [0.29, 0.717) is 25.1 Å². The summed E-state index contributed by atoms with van der Waals surface area (Å²) in [4.78, 5) is 33.1. The molecule has 0 bridgehead atoms. The normalized spacial score (nSPS) is 18.9. The van der Waals surface area contributed by atoms with Gasteiger partial charge in [-0.15, -0.1) is 0 Å². The monoisotopic (exact) mass is 496 g/mol. The molecule has 2 heterocycles. The SMILES string of the molecule is CCc1[nH]c(C(=O)NC2CCN(c3cccc(C(=O)OC(C)(C)C)c3)CC2OC)nc1C(F)(F)F. The van der Waals surface area contributed by atoms with Crippen LogP contribution in [-0.2, 0) is 22.1 Å². The van der Waals surface area contributed by atoms with E-state index < -0.39 is 41.5 Å². The Kier molecular flexibility index (Phi) is 7.78. The van der Waals surface area contributed by atoms with E-state index in [1.807, 2.05) is 11.0 Å². The van der Waals surface area contributed by atoms with Gasteiger partial charge in [0.05, 0.1) is 17.7 Å². The second-order valence-electron chi connectivity index (χ2n) is 9.40. The zero-order valence-electron chi connectivity index (χ0n) is 20.5. The summed E-state index contributed by atoms with van der Waals surface area (Å²) < 4.78 is 50.6. The van der Waals surface area contributed by atoms with E-state index in [2.05, 4.69) is 15.3 Å². The molecule has 0 radical (unpaired) electrons. The molecule has 0 saturated carbocycles. The maximum Gasteiger partial charge on any atom is 0.435 e. The molecule has 1 aromatic carbocycles.